The third-order valence-corrected chi connectivity index (χ3v) is 3.30. The lowest BCUT2D eigenvalue weighted by Crippen LogP contribution is -2.35. The van der Waals surface area contributed by atoms with Crippen molar-refractivity contribution in [3.8, 4) is 5.75 Å². The van der Waals surface area contributed by atoms with Crippen LogP contribution in [-0.2, 0) is 6.54 Å². The maximum absolute atomic E-state index is 12.0. The van der Waals surface area contributed by atoms with Crippen molar-refractivity contribution < 1.29 is 9.90 Å². The van der Waals surface area contributed by atoms with E-state index >= 15 is 0 Å². The van der Waals surface area contributed by atoms with Gasteiger partial charge in [-0.2, -0.15) is 0 Å². The summed E-state index contributed by atoms with van der Waals surface area (Å²) >= 11 is 3.18. The van der Waals surface area contributed by atoms with Gasteiger partial charge in [-0.3, -0.25) is 4.79 Å². The second-order valence-electron chi connectivity index (χ2n) is 4.30. The SMILES string of the molecule is CC(Cn1ccnc1)NC(=O)c1ccc(Br)c(O)c1. The lowest BCUT2D eigenvalue weighted by molar-refractivity contribution is 0.0936. The van der Waals surface area contributed by atoms with Crippen molar-refractivity contribution in [2.75, 3.05) is 0 Å². The van der Waals surface area contributed by atoms with Gasteiger partial charge < -0.3 is 15.0 Å². The maximum Gasteiger partial charge on any atom is 0.251 e. The smallest absolute Gasteiger partial charge is 0.251 e. The van der Waals surface area contributed by atoms with Crippen molar-refractivity contribution >= 4 is 21.8 Å². The first-order valence-electron chi connectivity index (χ1n) is 5.81. The number of halogens is 1. The van der Waals surface area contributed by atoms with Gasteiger partial charge in [0.1, 0.15) is 5.75 Å². The third-order valence-electron chi connectivity index (χ3n) is 2.63. The van der Waals surface area contributed by atoms with Crippen molar-refractivity contribution in [2.24, 2.45) is 0 Å². The van der Waals surface area contributed by atoms with E-state index in [1.807, 2.05) is 17.7 Å². The lowest BCUT2D eigenvalue weighted by Gasteiger charge is -2.14. The highest BCUT2D eigenvalue weighted by atomic mass is 79.9. The van der Waals surface area contributed by atoms with Crippen LogP contribution in [0.15, 0.2) is 41.4 Å². The minimum atomic E-state index is -0.213. The van der Waals surface area contributed by atoms with E-state index in [-0.39, 0.29) is 17.7 Å². The third kappa shape index (κ3) is 3.57. The van der Waals surface area contributed by atoms with E-state index in [4.69, 9.17) is 0 Å². The van der Waals surface area contributed by atoms with Crippen molar-refractivity contribution in [3.05, 3.63) is 47.0 Å². The summed E-state index contributed by atoms with van der Waals surface area (Å²) < 4.78 is 2.46. The molecule has 5 nitrogen and oxygen atoms in total. The molecule has 0 aliphatic rings. The number of nitrogens with zero attached hydrogens (tertiary/aromatic N) is 2. The molecule has 100 valence electrons. The number of aromatic hydroxyl groups is 1. The highest BCUT2D eigenvalue weighted by Crippen LogP contribution is 2.24. The predicted octanol–water partition coefficient (Wildman–Crippen LogP) is 2.17. The number of nitrogens with one attached hydrogen (secondary N) is 1. The van der Waals surface area contributed by atoms with Crippen LogP contribution in [0.5, 0.6) is 5.75 Å². The quantitative estimate of drug-likeness (QED) is 0.906. The number of hydrogen-bond donors (Lipinski definition) is 2. The van der Waals surface area contributed by atoms with E-state index in [2.05, 4.69) is 26.2 Å². The zero-order chi connectivity index (χ0) is 13.8. The molecule has 1 aromatic heterocycles. The van der Waals surface area contributed by atoms with Crippen LogP contribution in [0, 0.1) is 0 Å². The molecule has 0 saturated carbocycles. The number of aromatic nitrogens is 2. The van der Waals surface area contributed by atoms with Crippen LogP contribution in [0.2, 0.25) is 0 Å². The molecule has 0 spiro atoms. The Bertz CT molecular complexity index is 569. The van der Waals surface area contributed by atoms with Crippen LogP contribution >= 0.6 is 15.9 Å². The second-order valence-corrected chi connectivity index (χ2v) is 5.15. The molecular weight excluding hydrogens is 310 g/mol. The molecule has 2 aromatic rings. The highest BCUT2D eigenvalue weighted by Gasteiger charge is 2.11. The van der Waals surface area contributed by atoms with E-state index < -0.39 is 0 Å². The van der Waals surface area contributed by atoms with Crippen LogP contribution < -0.4 is 5.32 Å². The molecule has 2 N–H and O–H groups in total. The molecule has 6 heteroatoms. The summed E-state index contributed by atoms with van der Waals surface area (Å²) in [6, 6.07) is 4.70. The average molecular weight is 324 g/mol. The van der Waals surface area contributed by atoms with E-state index in [1.165, 1.54) is 6.07 Å². The van der Waals surface area contributed by atoms with Crippen molar-refractivity contribution in [1.82, 2.24) is 14.9 Å². The first-order valence-corrected chi connectivity index (χ1v) is 6.60. The number of amides is 1. The summed E-state index contributed by atoms with van der Waals surface area (Å²) in [7, 11) is 0. The number of phenols is 1. The summed E-state index contributed by atoms with van der Waals surface area (Å²) in [6.07, 6.45) is 5.24. The van der Waals surface area contributed by atoms with Gasteiger partial charge in [0.2, 0.25) is 0 Å². The summed E-state index contributed by atoms with van der Waals surface area (Å²) in [6.45, 7) is 2.56. The Morgan fingerprint density at radius 3 is 3.00 bits per heavy atom. The fourth-order valence-corrected chi connectivity index (χ4v) is 1.96. The molecule has 0 saturated heterocycles. The number of phenolic OH excluding ortho intramolecular Hbond substituents is 1. The Balaban J connectivity index is 1.98. The maximum atomic E-state index is 12.0. The van der Waals surface area contributed by atoms with Gasteiger partial charge >= 0.3 is 0 Å². The molecule has 1 atom stereocenters. The number of benzene rings is 1. The van der Waals surface area contributed by atoms with E-state index in [1.54, 1.807) is 24.7 Å². The number of carbonyl (C=O) groups is 1. The molecule has 19 heavy (non-hydrogen) atoms. The Hall–Kier alpha value is -1.82. The zero-order valence-electron chi connectivity index (χ0n) is 10.4. The number of hydrogen-bond acceptors (Lipinski definition) is 3. The fourth-order valence-electron chi connectivity index (χ4n) is 1.72. The molecule has 0 radical (unpaired) electrons. The second kappa shape index (κ2) is 5.88. The van der Waals surface area contributed by atoms with Gasteiger partial charge in [0.05, 0.1) is 10.8 Å². The Kier molecular flexibility index (Phi) is 4.21. The number of imidazole rings is 1. The normalized spacial score (nSPS) is 12.1. The fraction of sp³-hybridized carbons (Fsp3) is 0.231. The van der Waals surface area contributed by atoms with Crippen LogP contribution in [0.3, 0.4) is 0 Å². The summed E-state index contributed by atoms with van der Waals surface area (Å²) in [5.41, 5.74) is 0.429. The largest absolute Gasteiger partial charge is 0.507 e. The van der Waals surface area contributed by atoms with Gasteiger partial charge in [0.25, 0.3) is 5.91 Å². The minimum Gasteiger partial charge on any atom is -0.507 e. The Morgan fingerprint density at radius 1 is 1.58 bits per heavy atom. The first-order chi connectivity index (χ1) is 9.06. The molecule has 1 heterocycles. The van der Waals surface area contributed by atoms with E-state index in [0.29, 0.717) is 16.6 Å². The molecular formula is C13H14BrN3O2. The molecule has 0 aliphatic heterocycles. The zero-order valence-corrected chi connectivity index (χ0v) is 12.0. The topological polar surface area (TPSA) is 67.2 Å². The highest BCUT2D eigenvalue weighted by molar-refractivity contribution is 9.10. The number of rotatable bonds is 4. The Labute approximate surface area is 119 Å². The lowest BCUT2D eigenvalue weighted by atomic mass is 10.2. The molecule has 1 amide bonds. The van der Waals surface area contributed by atoms with Crippen molar-refractivity contribution in [1.29, 1.82) is 0 Å². The molecule has 0 aliphatic carbocycles. The Morgan fingerprint density at radius 2 is 2.37 bits per heavy atom. The van der Waals surface area contributed by atoms with Gasteiger partial charge in [-0.15, -0.1) is 0 Å². The van der Waals surface area contributed by atoms with E-state index in [9.17, 15) is 9.90 Å². The molecule has 2 rings (SSSR count). The standard InChI is InChI=1S/C13H14BrN3O2/c1-9(7-17-5-4-15-8-17)16-13(19)10-2-3-11(14)12(18)6-10/h2-6,8-9,18H,7H2,1H3,(H,16,19). The summed E-state index contributed by atoms with van der Waals surface area (Å²) in [5.74, 6) is -0.162. The minimum absolute atomic E-state index is 0.0347. The monoisotopic (exact) mass is 323 g/mol. The van der Waals surface area contributed by atoms with Crippen LogP contribution in [0.1, 0.15) is 17.3 Å². The van der Waals surface area contributed by atoms with Crippen LogP contribution in [0.25, 0.3) is 0 Å². The molecule has 0 fully saturated rings. The first kappa shape index (κ1) is 13.6. The van der Waals surface area contributed by atoms with Crippen LogP contribution in [-0.4, -0.2) is 26.6 Å². The molecule has 0 bridgehead atoms. The van der Waals surface area contributed by atoms with Gasteiger partial charge in [0, 0.05) is 30.5 Å². The predicted molar refractivity (Wildman–Crippen MR) is 75.0 cm³/mol. The van der Waals surface area contributed by atoms with Gasteiger partial charge in [-0.05, 0) is 41.1 Å². The average Bonchev–Trinajstić information content (AvgIpc) is 2.85. The van der Waals surface area contributed by atoms with Crippen LogP contribution in [0.4, 0.5) is 0 Å². The molecule has 1 unspecified atom stereocenters. The summed E-state index contributed by atoms with van der Waals surface area (Å²) in [5, 5.41) is 12.4. The van der Waals surface area contributed by atoms with E-state index in [0.717, 1.165) is 0 Å². The van der Waals surface area contributed by atoms with Gasteiger partial charge in [-0.1, -0.05) is 0 Å². The summed E-state index contributed by atoms with van der Waals surface area (Å²) in [4.78, 5) is 15.9. The molecule has 1 aromatic carbocycles. The van der Waals surface area contributed by atoms with Gasteiger partial charge in [-0.25, -0.2) is 4.98 Å². The van der Waals surface area contributed by atoms with Gasteiger partial charge in [0.15, 0.2) is 0 Å². The van der Waals surface area contributed by atoms with Crippen molar-refractivity contribution in [3.63, 3.8) is 0 Å². The number of carbonyl (C=O) groups excluding carboxylic acids is 1. The van der Waals surface area contributed by atoms with Crippen molar-refractivity contribution in [2.45, 2.75) is 19.5 Å².